The van der Waals surface area contributed by atoms with E-state index in [9.17, 15) is 8.42 Å². The van der Waals surface area contributed by atoms with E-state index in [4.69, 9.17) is 11.6 Å². The molecule has 1 heterocycles. The van der Waals surface area contributed by atoms with Crippen LogP contribution < -0.4 is 0 Å². The van der Waals surface area contributed by atoms with E-state index >= 15 is 0 Å². The third-order valence-corrected chi connectivity index (χ3v) is 7.09. The quantitative estimate of drug-likeness (QED) is 0.783. The lowest BCUT2D eigenvalue weighted by Gasteiger charge is -2.18. The Hall–Kier alpha value is -0.100. The van der Waals surface area contributed by atoms with E-state index in [1.807, 2.05) is 13.8 Å². The van der Waals surface area contributed by atoms with E-state index in [0.29, 0.717) is 16.6 Å². The number of halogens is 1. The molecule has 0 radical (unpaired) electrons. The number of sulfonamides is 1. The Bertz CT molecular complexity index is 506. The monoisotopic (exact) mass is 293 g/mol. The van der Waals surface area contributed by atoms with E-state index in [0.717, 1.165) is 23.3 Å². The number of nitrogens with zero attached hydrogens (tertiary/aromatic N) is 1. The average molecular weight is 294 g/mol. The third kappa shape index (κ3) is 2.52. The minimum atomic E-state index is -3.31. The minimum Gasteiger partial charge on any atom is -0.206 e. The van der Waals surface area contributed by atoms with Crippen LogP contribution in [0.1, 0.15) is 30.2 Å². The zero-order chi connectivity index (χ0) is 12.6. The van der Waals surface area contributed by atoms with E-state index in [-0.39, 0.29) is 6.04 Å². The molecule has 96 valence electrons. The van der Waals surface area contributed by atoms with Gasteiger partial charge in [-0.15, -0.1) is 22.9 Å². The van der Waals surface area contributed by atoms with Crippen LogP contribution in [0.4, 0.5) is 0 Å². The van der Waals surface area contributed by atoms with Crippen LogP contribution in [0.3, 0.4) is 0 Å². The van der Waals surface area contributed by atoms with Gasteiger partial charge in [0, 0.05) is 17.5 Å². The van der Waals surface area contributed by atoms with Crippen molar-refractivity contribution in [1.29, 1.82) is 0 Å². The highest BCUT2D eigenvalue weighted by Gasteiger charge is 2.37. The maximum absolute atomic E-state index is 12.4. The Morgan fingerprint density at radius 2 is 2.18 bits per heavy atom. The van der Waals surface area contributed by atoms with Crippen molar-refractivity contribution < 1.29 is 8.42 Å². The van der Waals surface area contributed by atoms with Crippen LogP contribution in [-0.2, 0) is 15.9 Å². The van der Waals surface area contributed by atoms with Crippen LogP contribution >= 0.6 is 22.9 Å². The molecule has 0 bridgehead atoms. The molecule has 1 aromatic heterocycles. The lowest BCUT2D eigenvalue weighted by molar-refractivity contribution is 0.422. The molecule has 1 saturated carbocycles. The number of aryl methyl sites for hydroxylation is 1. The number of hydrogen-bond acceptors (Lipinski definition) is 3. The number of hydrogen-bond donors (Lipinski definition) is 0. The molecule has 0 saturated heterocycles. The Labute approximate surface area is 111 Å². The molecule has 1 aromatic rings. The molecule has 2 rings (SSSR count). The molecule has 17 heavy (non-hydrogen) atoms. The molecule has 0 aromatic carbocycles. The Kier molecular flexibility index (Phi) is 3.83. The van der Waals surface area contributed by atoms with Gasteiger partial charge in [-0.25, -0.2) is 8.42 Å². The standard InChI is InChI=1S/C11H16ClNO2S2/c1-3-13(9-4-5-9)17(14,15)11-6-8(2)10(7-12)16-11/h6,9H,3-5,7H2,1-2H3. The van der Waals surface area contributed by atoms with E-state index in [2.05, 4.69) is 0 Å². The van der Waals surface area contributed by atoms with Gasteiger partial charge in [-0.1, -0.05) is 6.92 Å². The molecule has 0 spiro atoms. The first kappa shape index (κ1) is 13.3. The summed E-state index contributed by atoms with van der Waals surface area (Å²) < 4.78 is 26.9. The van der Waals surface area contributed by atoms with Crippen molar-refractivity contribution in [2.45, 2.75) is 42.8 Å². The first-order valence-corrected chi connectivity index (χ1v) is 8.47. The van der Waals surface area contributed by atoms with Crippen molar-refractivity contribution in [3.05, 3.63) is 16.5 Å². The highest BCUT2D eigenvalue weighted by Crippen LogP contribution is 2.35. The molecule has 0 atom stereocenters. The second-order valence-electron chi connectivity index (χ2n) is 4.24. The topological polar surface area (TPSA) is 37.4 Å². The van der Waals surface area contributed by atoms with Crippen molar-refractivity contribution in [1.82, 2.24) is 4.31 Å². The summed E-state index contributed by atoms with van der Waals surface area (Å²) in [6, 6.07) is 1.95. The van der Waals surface area contributed by atoms with Gasteiger partial charge >= 0.3 is 0 Å². The molecule has 3 nitrogen and oxygen atoms in total. The highest BCUT2D eigenvalue weighted by atomic mass is 35.5. The van der Waals surface area contributed by atoms with Crippen LogP contribution in [0.5, 0.6) is 0 Å². The van der Waals surface area contributed by atoms with Gasteiger partial charge < -0.3 is 0 Å². The molecule has 0 aliphatic heterocycles. The fraction of sp³-hybridized carbons (Fsp3) is 0.636. The van der Waals surface area contributed by atoms with Crippen molar-refractivity contribution in [2.75, 3.05) is 6.54 Å². The molecule has 1 fully saturated rings. The molecule has 1 aliphatic carbocycles. The van der Waals surface area contributed by atoms with Gasteiger partial charge in [0.25, 0.3) is 10.0 Å². The van der Waals surface area contributed by atoms with Crippen molar-refractivity contribution in [3.8, 4) is 0 Å². The Morgan fingerprint density at radius 3 is 2.59 bits per heavy atom. The maximum Gasteiger partial charge on any atom is 0.252 e. The molecule has 0 unspecified atom stereocenters. The van der Waals surface area contributed by atoms with Crippen molar-refractivity contribution >= 4 is 33.0 Å². The van der Waals surface area contributed by atoms with Crippen molar-refractivity contribution in [2.24, 2.45) is 0 Å². The first-order valence-electron chi connectivity index (χ1n) is 5.67. The van der Waals surface area contributed by atoms with Crippen LogP contribution in [0.2, 0.25) is 0 Å². The summed E-state index contributed by atoms with van der Waals surface area (Å²) in [5.41, 5.74) is 0.968. The Balaban J connectivity index is 2.36. The SMILES string of the molecule is CCN(C1CC1)S(=O)(=O)c1cc(C)c(CCl)s1. The molecule has 0 N–H and O–H groups in total. The van der Waals surface area contributed by atoms with Gasteiger partial charge in [-0.2, -0.15) is 4.31 Å². The van der Waals surface area contributed by atoms with Gasteiger partial charge in [0.2, 0.25) is 0 Å². The molecule has 0 amide bonds. The number of thiophene rings is 1. The van der Waals surface area contributed by atoms with Crippen molar-refractivity contribution in [3.63, 3.8) is 0 Å². The molecule has 6 heteroatoms. The Morgan fingerprint density at radius 1 is 1.53 bits per heavy atom. The lowest BCUT2D eigenvalue weighted by atomic mass is 10.3. The van der Waals surface area contributed by atoms with Crippen LogP contribution in [0, 0.1) is 6.92 Å². The lowest BCUT2D eigenvalue weighted by Crippen LogP contribution is -2.32. The van der Waals surface area contributed by atoms with Crippen LogP contribution in [0.15, 0.2) is 10.3 Å². The van der Waals surface area contributed by atoms with Crippen LogP contribution in [0.25, 0.3) is 0 Å². The summed E-state index contributed by atoms with van der Waals surface area (Å²) in [6.45, 7) is 4.33. The zero-order valence-electron chi connectivity index (χ0n) is 9.94. The average Bonchev–Trinajstić information content (AvgIpc) is 3.01. The second kappa shape index (κ2) is 4.88. The van der Waals surface area contributed by atoms with Gasteiger partial charge in [0.05, 0.1) is 5.88 Å². The smallest absolute Gasteiger partial charge is 0.206 e. The summed E-state index contributed by atoms with van der Waals surface area (Å²) >= 11 is 7.08. The fourth-order valence-corrected chi connectivity index (χ4v) is 5.49. The van der Waals surface area contributed by atoms with Gasteiger partial charge in [-0.05, 0) is 31.4 Å². The summed E-state index contributed by atoms with van der Waals surface area (Å²) in [6.07, 6.45) is 1.97. The number of alkyl halides is 1. The van der Waals surface area contributed by atoms with Gasteiger partial charge in [-0.3, -0.25) is 0 Å². The van der Waals surface area contributed by atoms with Crippen LogP contribution in [-0.4, -0.2) is 25.3 Å². The summed E-state index contributed by atoms with van der Waals surface area (Å²) in [5, 5.41) is 0. The highest BCUT2D eigenvalue weighted by molar-refractivity contribution is 7.91. The van der Waals surface area contributed by atoms with Gasteiger partial charge in [0.15, 0.2) is 0 Å². The predicted octanol–water partition coefficient (Wildman–Crippen LogP) is 2.97. The normalized spacial score (nSPS) is 16.7. The van der Waals surface area contributed by atoms with Gasteiger partial charge in [0.1, 0.15) is 4.21 Å². The minimum absolute atomic E-state index is 0.215. The molecule has 1 aliphatic rings. The summed E-state index contributed by atoms with van der Waals surface area (Å²) in [7, 11) is -3.31. The zero-order valence-corrected chi connectivity index (χ0v) is 12.3. The predicted molar refractivity (Wildman–Crippen MR) is 71.2 cm³/mol. The molecular formula is C11H16ClNO2S2. The largest absolute Gasteiger partial charge is 0.252 e. The van der Waals surface area contributed by atoms with E-state index < -0.39 is 10.0 Å². The maximum atomic E-state index is 12.4. The van der Waals surface area contributed by atoms with E-state index in [1.54, 1.807) is 10.4 Å². The number of rotatable bonds is 5. The molecular weight excluding hydrogens is 278 g/mol. The summed E-state index contributed by atoms with van der Waals surface area (Å²) in [4.78, 5) is 0.942. The first-order chi connectivity index (χ1) is 8.00. The second-order valence-corrected chi connectivity index (χ2v) is 7.77. The summed E-state index contributed by atoms with van der Waals surface area (Å²) in [5.74, 6) is 0.377. The third-order valence-electron chi connectivity index (χ3n) is 2.95. The van der Waals surface area contributed by atoms with E-state index in [1.165, 1.54) is 11.3 Å². The fourth-order valence-electron chi connectivity index (χ4n) is 1.85.